The molecule has 3 aromatic carbocycles. The van der Waals surface area contributed by atoms with Crippen LogP contribution in [0.3, 0.4) is 0 Å². The van der Waals surface area contributed by atoms with Crippen molar-refractivity contribution >= 4 is 11.8 Å². The molecule has 0 unspecified atom stereocenters. The van der Waals surface area contributed by atoms with Crippen LogP contribution in [0.2, 0.25) is 0 Å². The number of hydrogen-bond acceptors (Lipinski definition) is 2. The topological polar surface area (TPSA) is 9.23 Å². The summed E-state index contributed by atoms with van der Waals surface area (Å²) >= 11 is 0.0302. The molecule has 0 saturated heterocycles. The number of benzene rings is 3. The largest absolute Gasteiger partial charge is 0.497 e. The molecule has 3 aromatic rings. The molecule has 1 nitrogen and oxygen atoms in total. The molecular formula is C22H19F3OS. The van der Waals surface area contributed by atoms with Crippen molar-refractivity contribution in [2.45, 2.75) is 17.2 Å². The van der Waals surface area contributed by atoms with E-state index in [4.69, 9.17) is 4.74 Å². The highest BCUT2D eigenvalue weighted by molar-refractivity contribution is 8.00. The van der Waals surface area contributed by atoms with Crippen molar-refractivity contribution in [3.63, 3.8) is 0 Å². The second kappa shape index (κ2) is 8.53. The lowest BCUT2D eigenvalue weighted by atomic mass is 10.00. The van der Waals surface area contributed by atoms with E-state index in [1.54, 1.807) is 43.5 Å². The van der Waals surface area contributed by atoms with Gasteiger partial charge in [0.2, 0.25) is 0 Å². The molecule has 0 aliphatic heterocycles. The van der Waals surface area contributed by atoms with Gasteiger partial charge in [0.05, 0.1) is 7.11 Å². The Morgan fingerprint density at radius 3 is 1.96 bits per heavy atom. The van der Waals surface area contributed by atoms with Crippen LogP contribution >= 0.6 is 11.8 Å². The maximum Gasteiger partial charge on any atom is 0.442 e. The molecule has 1 atom stereocenters. The first-order valence-corrected chi connectivity index (χ1v) is 9.35. The molecule has 3 rings (SSSR count). The van der Waals surface area contributed by atoms with E-state index in [1.807, 2.05) is 42.5 Å². The minimum absolute atomic E-state index is 0.0302. The highest BCUT2D eigenvalue weighted by atomic mass is 32.2. The third-order valence-corrected chi connectivity index (χ3v) is 5.24. The molecule has 140 valence electrons. The average molecular weight is 388 g/mol. The van der Waals surface area contributed by atoms with Crippen molar-refractivity contribution in [3.8, 4) is 16.9 Å². The van der Waals surface area contributed by atoms with Gasteiger partial charge in [0, 0.05) is 5.25 Å². The molecule has 27 heavy (non-hydrogen) atoms. The van der Waals surface area contributed by atoms with Crippen molar-refractivity contribution in [2.24, 2.45) is 0 Å². The lowest BCUT2D eigenvalue weighted by molar-refractivity contribution is -0.0334. The van der Waals surface area contributed by atoms with Gasteiger partial charge < -0.3 is 4.74 Å². The highest BCUT2D eigenvalue weighted by Gasteiger charge is 2.33. The quantitative estimate of drug-likeness (QED) is 0.454. The van der Waals surface area contributed by atoms with Gasteiger partial charge in [-0.3, -0.25) is 0 Å². The highest BCUT2D eigenvalue weighted by Crippen LogP contribution is 2.44. The van der Waals surface area contributed by atoms with E-state index >= 15 is 0 Å². The van der Waals surface area contributed by atoms with Crippen molar-refractivity contribution in [1.29, 1.82) is 0 Å². The van der Waals surface area contributed by atoms with Gasteiger partial charge in [0.25, 0.3) is 0 Å². The minimum atomic E-state index is -4.30. The molecule has 0 aliphatic rings. The van der Waals surface area contributed by atoms with E-state index in [2.05, 4.69) is 0 Å². The van der Waals surface area contributed by atoms with Gasteiger partial charge in [0.15, 0.2) is 0 Å². The third kappa shape index (κ3) is 5.54. The van der Waals surface area contributed by atoms with Crippen LogP contribution < -0.4 is 4.74 Å². The van der Waals surface area contributed by atoms with Gasteiger partial charge in [-0.25, -0.2) is 0 Å². The molecule has 0 heterocycles. The first kappa shape index (κ1) is 19.4. The number of alkyl halides is 3. The normalized spacial score (nSPS) is 12.6. The molecular weight excluding hydrogens is 369 g/mol. The minimum Gasteiger partial charge on any atom is -0.497 e. The molecule has 5 heteroatoms. The first-order valence-electron chi connectivity index (χ1n) is 8.47. The molecule has 0 bridgehead atoms. The Morgan fingerprint density at radius 2 is 1.41 bits per heavy atom. The van der Waals surface area contributed by atoms with Crippen LogP contribution in [0.25, 0.3) is 11.1 Å². The second-order valence-corrected chi connectivity index (χ2v) is 7.36. The number of ether oxygens (including phenoxy) is 1. The van der Waals surface area contributed by atoms with Crippen LogP contribution in [0.4, 0.5) is 13.2 Å². The summed E-state index contributed by atoms with van der Waals surface area (Å²) in [4.78, 5) is 0. The van der Waals surface area contributed by atoms with Gasteiger partial charge in [-0.1, -0.05) is 66.7 Å². The summed E-state index contributed by atoms with van der Waals surface area (Å²) in [6.07, 6.45) is 0.291. The Morgan fingerprint density at radius 1 is 0.815 bits per heavy atom. The van der Waals surface area contributed by atoms with E-state index in [0.29, 0.717) is 17.7 Å². The van der Waals surface area contributed by atoms with Gasteiger partial charge in [0.1, 0.15) is 5.75 Å². The predicted octanol–water partition coefficient (Wildman–Crippen LogP) is 6.90. The number of rotatable bonds is 6. The maximum atomic E-state index is 13.1. The van der Waals surface area contributed by atoms with E-state index in [0.717, 1.165) is 16.7 Å². The summed E-state index contributed by atoms with van der Waals surface area (Å²) in [6, 6.07) is 24.3. The van der Waals surface area contributed by atoms with E-state index in [1.165, 1.54) is 0 Å². The molecule has 0 radical (unpaired) electrons. The summed E-state index contributed by atoms with van der Waals surface area (Å²) in [5, 5.41) is -0.705. The lowest BCUT2D eigenvalue weighted by Crippen LogP contribution is -2.08. The fourth-order valence-electron chi connectivity index (χ4n) is 2.89. The van der Waals surface area contributed by atoms with Crippen molar-refractivity contribution < 1.29 is 17.9 Å². The SMILES string of the molecule is COc1ccc(C[C@H](SC(F)(F)F)c2ccc(-c3ccccc3)cc2)cc1. The molecule has 0 N–H and O–H groups in total. The fourth-order valence-corrected chi connectivity index (χ4v) is 3.78. The summed E-state index contributed by atoms with van der Waals surface area (Å²) in [5.74, 6) is 0.686. The van der Waals surface area contributed by atoms with Gasteiger partial charge in [-0.05, 0) is 52.6 Å². The van der Waals surface area contributed by atoms with E-state index < -0.39 is 10.8 Å². The monoisotopic (exact) mass is 388 g/mol. The number of hydrogen-bond donors (Lipinski definition) is 0. The fraction of sp³-hybridized carbons (Fsp3) is 0.182. The lowest BCUT2D eigenvalue weighted by Gasteiger charge is -2.19. The predicted molar refractivity (Wildman–Crippen MR) is 105 cm³/mol. The zero-order chi connectivity index (χ0) is 19.3. The molecule has 0 fully saturated rings. The Labute approximate surface area is 161 Å². The van der Waals surface area contributed by atoms with E-state index in [-0.39, 0.29) is 11.8 Å². The standard InChI is InChI=1S/C22H19F3OS/c1-26-20-13-7-16(8-14-20)15-21(27-22(23,24)25)19-11-9-18(10-12-19)17-5-3-2-4-6-17/h2-14,21H,15H2,1H3/t21-/m0/s1. The Hall–Kier alpha value is -2.40. The summed E-state index contributed by atoms with van der Waals surface area (Å²) in [6.45, 7) is 0. The van der Waals surface area contributed by atoms with Crippen molar-refractivity contribution in [2.75, 3.05) is 7.11 Å². The summed E-state index contributed by atoms with van der Waals surface area (Å²) in [7, 11) is 1.56. The maximum absolute atomic E-state index is 13.1. The van der Waals surface area contributed by atoms with Crippen molar-refractivity contribution in [3.05, 3.63) is 90.0 Å². The third-order valence-electron chi connectivity index (χ3n) is 4.25. The van der Waals surface area contributed by atoms with Crippen LogP contribution in [0.15, 0.2) is 78.9 Å². The van der Waals surface area contributed by atoms with Crippen LogP contribution in [-0.2, 0) is 6.42 Å². The number of halogens is 3. The molecule has 0 aliphatic carbocycles. The van der Waals surface area contributed by atoms with Gasteiger partial charge >= 0.3 is 5.51 Å². The molecule has 0 aromatic heterocycles. The van der Waals surface area contributed by atoms with Gasteiger partial charge in [-0.15, -0.1) is 0 Å². The summed E-state index contributed by atoms with van der Waals surface area (Å²) < 4.78 is 44.4. The first-order chi connectivity index (χ1) is 12.9. The van der Waals surface area contributed by atoms with E-state index in [9.17, 15) is 13.2 Å². The molecule has 0 spiro atoms. The zero-order valence-corrected chi connectivity index (χ0v) is 15.6. The van der Waals surface area contributed by atoms with Gasteiger partial charge in [-0.2, -0.15) is 13.2 Å². The Bertz CT molecular complexity index is 843. The van der Waals surface area contributed by atoms with Crippen molar-refractivity contribution in [1.82, 2.24) is 0 Å². The number of methoxy groups -OCH3 is 1. The second-order valence-electron chi connectivity index (χ2n) is 6.09. The van der Waals surface area contributed by atoms with Crippen LogP contribution in [0.5, 0.6) is 5.75 Å². The average Bonchev–Trinajstić information content (AvgIpc) is 2.68. The van der Waals surface area contributed by atoms with Crippen LogP contribution in [0, 0.1) is 0 Å². The molecule has 0 saturated carbocycles. The smallest absolute Gasteiger partial charge is 0.442 e. The Kier molecular flexibility index (Phi) is 6.11. The Balaban J connectivity index is 1.83. The number of thioether (sulfide) groups is 1. The summed E-state index contributed by atoms with van der Waals surface area (Å²) in [5.41, 5.74) is -0.772. The van der Waals surface area contributed by atoms with Crippen LogP contribution in [-0.4, -0.2) is 12.6 Å². The molecule has 0 amide bonds. The zero-order valence-electron chi connectivity index (χ0n) is 14.7. The van der Waals surface area contributed by atoms with Crippen LogP contribution in [0.1, 0.15) is 16.4 Å².